The summed E-state index contributed by atoms with van der Waals surface area (Å²) in [5, 5.41) is 0. The average Bonchev–Trinajstić information content (AvgIpc) is 2.75. The number of aromatic nitrogens is 1. The smallest absolute Gasteiger partial charge is 0.254 e. The summed E-state index contributed by atoms with van der Waals surface area (Å²) in [6.07, 6.45) is 3.58. The van der Waals surface area contributed by atoms with Crippen LogP contribution in [0.2, 0.25) is 0 Å². The fraction of sp³-hybridized carbons (Fsp3) is 0.320. The fourth-order valence-corrected chi connectivity index (χ4v) is 3.39. The third kappa shape index (κ3) is 6.76. The molecule has 0 aliphatic carbocycles. The molecule has 0 unspecified atom stereocenters. The van der Waals surface area contributed by atoms with Crippen molar-refractivity contribution < 1.29 is 13.5 Å². The van der Waals surface area contributed by atoms with Gasteiger partial charge < -0.3 is 14.2 Å². The third-order valence-electron chi connectivity index (χ3n) is 5.08. The Kier molecular flexibility index (Phi) is 7.95. The molecule has 3 aromatic rings. The maximum atomic E-state index is 13.3. The van der Waals surface area contributed by atoms with Gasteiger partial charge >= 0.3 is 0 Å². The molecule has 0 aliphatic heterocycles. The van der Waals surface area contributed by atoms with Crippen molar-refractivity contribution in [3.8, 4) is 5.75 Å². The van der Waals surface area contributed by atoms with E-state index in [0.717, 1.165) is 38.1 Å². The van der Waals surface area contributed by atoms with Crippen molar-refractivity contribution in [1.82, 2.24) is 9.47 Å². The molecule has 1 aromatic heterocycles. The van der Waals surface area contributed by atoms with Crippen molar-refractivity contribution in [2.45, 2.75) is 39.5 Å². The van der Waals surface area contributed by atoms with Crippen LogP contribution in [0.25, 0.3) is 0 Å². The van der Waals surface area contributed by atoms with Gasteiger partial charge in [0, 0.05) is 25.4 Å². The highest BCUT2D eigenvalue weighted by atomic mass is 19.2. The lowest BCUT2D eigenvalue weighted by molar-refractivity contribution is 0.303. The first kappa shape index (κ1) is 22.7. The van der Waals surface area contributed by atoms with Crippen LogP contribution in [0.5, 0.6) is 5.75 Å². The molecular weight excluding hydrogens is 398 g/mol. The molecule has 0 N–H and O–H groups in total. The first-order chi connectivity index (χ1) is 14.9. The predicted octanol–water partition coefficient (Wildman–Crippen LogP) is 4.79. The average molecular weight is 427 g/mol. The standard InChI is InChI=1S/C25H28F2N2O2/c1-3-12-28(2)17-20-6-4-19(5-7-20)10-13-29-14-11-22(16-25(29)30)31-18-21-8-9-23(26)24(27)15-21/h4-9,11,14-16H,3,10,12-13,17-18H2,1-2H3. The van der Waals surface area contributed by atoms with Gasteiger partial charge in [0.15, 0.2) is 11.6 Å². The van der Waals surface area contributed by atoms with E-state index in [4.69, 9.17) is 4.74 Å². The molecule has 0 amide bonds. The Morgan fingerprint density at radius 1 is 0.935 bits per heavy atom. The number of halogens is 2. The van der Waals surface area contributed by atoms with Gasteiger partial charge in [0.05, 0.1) is 0 Å². The molecule has 0 fully saturated rings. The van der Waals surface area contributed by atoms with Crippen molar-refractivity contribution in [3.05, 3.63) is 99.5 Å². The van der Waals surface area contributed by atoms with E-state index in [0.29, 0.717) is 17.9 Å². The fourth-order valence-electron chi connectivity index (χ4n) is 3.39. The van der Waals surface area contributed by atoms with E-state index in [2.05, 4.69) is 43.1 Å². The first-order valence-corrected chi connectivity index (χ1v) is 10.5. The van der Waals surface area contributed by atoms with Gasteiger partial charge in [-0.1, -0.05) is 37.3 Å². The number of hydrogen-bond acceptors (Lipinski definition) is 3. The molecule has 0 radical (unpaired) electrons. The topological polar surface area (TPSA) is 34.5 Å². The highest BCUT2D eigenvalue weighted by Crippen LogP contribution is 2.13. The minimum absolute atomic E-state index is 0.0560. The molecule has 0 aliphatic rings. The van der Waals surface area contributed by atoms with E-state index in [1.54, 1.807) is 16.8 Å². The number of pyridine rings is 1. The van der Waals surface area contributed by atoms with Crippen LogP contribution in [0.3, 0.4) is 0 Å². The zero-order valence-electron chi connectivity index (χ0n) is 18.0. The van der Waals surface area contributed by atoms with E-state index in [9.17, 15) is 13.6 Å². The highest BCUT2D eigenvalue weighted by Gasteiger charge is 2.05. The van der Waals surface area contributed by atoms with Gasteiger partial charge in [-0.15, -0.1) is 0 Å². The Balaban J connectivity index is 1.53. The van der Waals surface area contributed by atoms with Crippen LogP contribution in [0.1, 0.15) is 30.0 Å². The SMILES string of the molecule is CCCN(C)Cc1ccc(CCn2ccc(OCc3ccc(F)c(F)c3)cc2=O)cc1. The number of benzene rings is 2. The van der Waals surface area contributed by atoms with Crippen LogP contribution in [0.4, 0.5) is 8.78 Å². The predicted molar refractivity (Wildman–Crippen MR) is 118 cm³/mol. The minimum atomic E-state index is -0.919. The molecule has 1 heterocycles. The second-order valence-corrected chi connectivity index (χ2v) is 7.74. The van der Waals surface area contributed by atoms with Crippen molar-refractivity contribution in [2.75, 3.05) is 13.6 Å². The van der Waals surface area contributed by atoms with Crippen LogP contribution in [-0.4, -0.2) is 23.1 Å². The van der Waals surface area contributed by atoms with Gasteiger partial charge in [0.1, 0.15) is 12.4 Å². The van der Waals surface area contributed by atoms with Crippen LogP contribution in [0.15, 0.2) is 65.6 Å². The summed E-state index contributed by atoms with van der Waals surface area (Å²) >= 11 is 0. The molecule has 0 spiro atoms. The number of aryl methyl sites for hydroxylation is 2. The highest BCUT2D eigenvalue weighted by molar-refractivity contribution is 5.23. The maximum Gasteiger partial charge on any atom is 0.254 e. The van der Waals surface area contributed by atoms with E-state index >= 15 is 0 Å². The quantitative estimate of drug-likeness (QED) is 0.468. The number of ether oxygens (including phenoxy) is 1. The lowest BCUT2D eigenvalue weighted by Gasteiger charge is -2.15. The lowest BCUT2D eigenvalue weighted by Crippen LogP contribution is -2.20. The molecule has 31 heavy (non-hydrogen) atoms. The molecule has 164 valence electrons. The van der Waals surface area contributed by atoms with Gasteiger partial charge in [-0.25, -0.2) is 8.78 Å². The van der Waals surface area contributed by atoms with E-state index in [-0.39, 0.29) is 12.2 Å². The molecule has 0 atom stereocenters. The normalized spacial score (nSPS) is 11.1. The third-order valence-corrected chi connectivity index (χ3v) is 5.08. The van der Waals surface area contributed by atoms with Crippen molar-refractivity contribution in [1.29, 1.82) is 0 Å². The van der Waals surface area contributed by atoms with E-state index in [1.165, 1.54) is 23.3 Å². The molecule has 3 rings (SSSR count). The van der Waals surface area contributed by atoms with Gasteiger partial charge in [0.25, 0.3) is 5.56 Å². The Morgan fingerprint density at radius 3 is 2.32 bits per heavy atom. The first-order valence-electron chi connectivity index (χ1n) is 10.5. The van der Waals surface area contributed by atoms with Gasteiger partial charge in [0.2, 0.25) is 0 Å². The molecule has 4 nitrogen and oxygen atoms in total. The van der Waals surface area contributed by atoms with Gasteiger partial charge in [-0.2, -0.15) is 0 Å². The summed E-state index contributed by atoms with van der Waals surface area (Å²) in [6.45, 7) is 4.80. The van der Waals surface area contributed by atoms with E-state index < -0.39 is 11.6 Å². The van der Waals surface area contributed by atoms with Crippen LogP contribution >= 0.6 is 0 Å². The number of hydrogen-bond donors (Lipinski definition) is 0. The molecule has 6 heteroatoms. The van der Waals surface area contributed by atoms with Crippen molar-refractivity contribution >= 4 is 0 Å². The second-order valence-electron chi connectivity index (χ2n) is 7.74. The van der Waals surface area contributed by atoms with Crippen LogP contribution in [0, 0.1) is 11.6 Å². The summed E-state index contributed by atoms with van der Waals surface area (Å²) in [6, 6.07) is 15.2. The van der Waals surface area contributed by atoms with Crippen LogP contribution < -0.4 is 10.3 Å². The Hall–Kier alpha value is -2.99. The van der Waals surface area contributed by atoms with Crippen LogP contribution in [-0.2, 0) is 26.1 Å². The molecule has 0 saturated heterocycles. The monoisotopic (exact) mass is 426 g/mol. The molecule has 2 aromatic carbocycles. The summed E-state index contributed by atoms with van der Waals surface area (Å²) in [4.78, 5) is 14.7. The van der Waals surface area contributed by atoms with Gasteiger partial charge in [-0.05, 0) is 61.3 Å². The summed E-state index contributed by atoms with van der Waals surface area (Å²) in [5.74, 6) is -1.42. The largest absolute Gasteiger partial charge is 0.489 e. The van der Waals surface area contributed by atoms with Crippen molar-refractivity contribution in [2.24, 2.45) is 0 Å². The second kappa shape index (κ2) is 10.9. The maximum absolute atomic E-state index is 13.3. The Bertz CT molecular complexity index is 1050. The minimum Gasteiger partial charge on any atom is -0.489 e. The number of rotatable bonds is 10. The van der Waals surface area contributed by atoms with Gasteiger partial charge in [-0.3, -0.25) is 4.79 Å². The molecular formula is C25H28F2N2O2. The summed E-state index contributed by atoms with van der Waals surface area (Å²) in [5.41, 5.74) is 2.78. The lowest BCUT2D eigenvalue weighted by atomic mass is 10.1. The van der Waals surface area contributed by atoms with E-state index in [1.807, 2.05) is 0 Å². The Morgan fingerprint density at radius 2 is 1.65 bits per heavy atom. The number of nitrogens with zero attached hydrogens (tertiary/aromatic N) is 2. The Labute approximate surface area is 181 Å². The summed E-state index contributed by atoms with van der Waals surface area (Å²) in [7, 11) is 2.12. The summed E-state index contributed by atoms with van der Waals surface area (Å²) < 4.78 is 33.4. The molecule has 0 bridgehead atoms. The van der Waals surface area contributed by atoms with Crippen molar-refractivity contribution in [3.63, 3.8) is 0 Å². The zero-order valence-corrected chi connectivity index (χ0v) is 18.0. The molecule has 0 saturated carbocycles. The zero-order chi connectivity index (χ0) is 22.2.